The van der Waals surface area contributed by atoms with Crippen molar-refractivity contribution in [3.8, 4) is 5.75 Å². The summed E-state index contributed by atoms with van der Waals surface area (Å²) in [5, 5.41) is 2.60. The number of carbonyl (C=O) groups is 1. The molecule has 10 heteroatoms. The van der Waals surface area contributed by atoms with Crippen LogP contribution in [0.4, 0.5) is 18.9 Å². The van der Waals surface area contributed by atoms with E-state index in [-0.39, 0.29) is 47.3 Å². The third-order valence-corrected chi connectivity index (χ3v) is 3.17. The van der Waals surface area contributed by atoms with E-state index in [2.05, 4.69) is 19.8 Å². The molecule has 1 rings (SSSR count). The van der Waals surface area contributed by atoms with Gasteiger partial charge in [-0.25, -0.2) is 0 Å². The van der Waals surface area contributed by atoms with Gasteiger partial charge in [-0.3, -0.25) is 9.79 Å². The number of nitrogens with zero attached hydrogens (tertiary/aromatic N) is 1. The fourth-order valence-corrected chi connectivity index (χ4v) is 2.00. The molecule has 1 aromatic carbocycles. The maximum absolute atomic E-state index is 12.3. The number of carbonyl (C=O) groups excluding carboxylic acids is 1. The Hall–Kier alpha value is -1.72. The van der Waals surface area contributed by atoms with Crippen LogP contribution in [0.2, 0.25) is 0 Å². The number of nitrogens with one attached hydrogen (secondary N) is 1. The van der Waals surface area contributed by atoms with Gasteiger partial charge in [0.25, 0.3) is 0 Å². The third-order valence-electron chi connectivity index (χ3n) is 3.17. The van der Waals surface area contributed by atoms with Crippen molar-refractivity contribution in [2.24, 2.45) is 10.7 Å². The van der Waals surface area contributed by atoms with Crippen LogP contribution in [0, 0.1) is 0 Å². The van der Waals surface area contributed by atoms with Crippen LogP contribution >= 0.6 is 24.0 Å². The van der Waals surface area contributed by atoms with Crippen molar-refractivity contribution in [1.82, 2.24) is 0 Å². The molecular weight excluding hydrogens is 466 g/mol. The molecule has 0 aromatic heterocycles. The molecule has 0 radical (unpaired) electrons. The number of halogens is 4. The van der Waals surface area contributed by atoms with Crippen LogP contribution in [0.5, 0.6) is 5.75 Å². The van der Waals surface area contributed by atoms with Crippen molar-refractivity contribution in [2.45, 2.75) is 38.5 Å². The summed E-state index contributed by atoms with van der Waals surface area (Å²) in [5.41, 5.74) is 5.76. The summed E-state index contributed by atoms with van der Waals surface area (Å²) in [6.45, 7) is 0.430. The van der Waals surface area contributed by atoms with Crippen molar-refractivity contribution >= 4 is 41.6 Å². The first-order chi connectivity index (χ1) is 11.8. The molecule has 0 aliphatic carbocycles. The Balaban J connectivity index is 0.00000625. The highest BCUT2D eigenvalue weighted by Gasteiger charge is 2.32. The summed E-state index contributed by atoms with van der Waals surface area (Å²) in [6.07, 6.45) is -1.17. The Morgan fingerprint density at radius 2 is 1.85 bits per heavy atom. The SMILES string of the molecule is COC(=O)CCCCCCN=C(N)Nc1ccccc1OC(F)(F)F.I. The smallest absolute Gasteiger partial charge is 0.469 e. The molecule has 3 N–H and O–H groups in total. The number of unbranched alkanes of at least 4 members (excludes halogenated alkanes) is 3. The number of rotatable bonds is 9. The fourth-order valence-electron chi connectivity index (χ4n) is 2.00. The molecule has 0 fully saturated rings. The summed E-state index contributed by atoms with van der Waals surface area (Å²) in [5.74, 6) is -0.602. The number of para-hydroxylation sites is 2. The number of ether oxygens (including phenoxy) is 2. The minimum atomic E-state index is -4.78. The van der Waals surface area contributed by atoms with Gasteiger partial charge < -0.3 is 20.5 Å². The van der Waals surface area contributed by atoms with Crippen molar-refractivity contribution in [3.05, 3.63) is 24.3 Å². The highest BCUT2D eigenvalue weighted by atomic mass is 127. The Morgan fingerprint density at radius 3 is 2.50 bits per heavy atom. The van der Waals surface area contributed by atoms with Crippen LogP contribution in [-0.2, 0) is 9.53 Å². The average Bonchev–Trinajstić information content (AvgIpc) is 2.54. The summed E-state index contributed by atoms with van der Waals surface area (Å²) < 4.78 is 45.5. The minimum absolute atomic E-state index is 0. The lowest BCUT2D eigenvalue weighted by Gasteiger charge is -2.14. The number of guanidine groups is 1. The Bertz CT molecular complexity index is 583. The molecule has 0 spiro atoms. The lowest BCUT2D eigenvalue weighted by Crippen LogP contribution is -2.24. The van der Waals surface area contributed by atoms with Crippen molar-refractivity contribution in [3.63, 3.8) is 0 Å². The number of methoxy groups -OCH3 is 1. The number of benzene rings is 1. The number of hydrogen-bond acceptors (Lipinski definition) is 4. The molecule has 0 aliphatic rings. The average molecular weight is 489 g/mol. The summed E-state index contributed by atoms with van der Waals surface area (Å²) in [6, 6.07) is 5.58. The van der Waals surface area contributed by atoms with Crippen LogP contribution in [0.15, 0.2) is 29.3 Å². The molecule has 0 unspecified atom stereocenters. The van der Waals surface area contributed by atoms with Crippen LogP contribution < -0.4 is 15.8 Å². The topological polar surface area (TPSA) is 85.9 Å². The summed E-state index contributed by atoms with van der Waals surface area (Å²) in [7, 11) is 1.35. The van der Waals surface area contributed by atoms with Gasteiger partial charge in [0.2, 0.25) is 0 Å². The fraction of sp³-hybridized carbons (Fsp3) is 0.500. The lowest BCUT2D eigenvalue weighted by molar-refractivity contribution is -0.274. The van der Waals surface area contributed by atoms with E-state index < -0.39 is 6.36 Å². The molecule has 0 saturated heterocycles. The maximum Gasteiger partial charge on any atom is 0.573 e. The number of esters is 1. The number of hydrogen-bond donors (Lipinski definition) is 2. The zero-order chi connectivity index (χ0) is 18.7. The van der Waals surface area contributed by atoms with E-state index in [1.165, 1.54) is 25.3 Å². The van der Waals surface area contributed by atoms with Crippen LogP contribution in [-0.4, -0.2) is 31.9 Å². The van der Waals surface area contributed by atoms with E-state index in [0.717, 1.165) is 25.7 Å². The Morgan fingerprint density at radius 1 is 1.19 bits per heavy atom. The second-order valence-corrected chi connectivity index (χ2v) is 5.18. The van der Waals surface area contributed by atoms with Crippen molar-refractivity contribution in [2.75, 3.05) is 19.0 Å². The minimum Gasteiger partial charge on any atom is -0.469 e. The van der Waals surface area contributed by atoms with Crippen molar-refractivity contribution in [1.29, 1.82) is 0 Å². The van der Waals surface area contributed by atoms with Crippen molar-refractivity contribution < 1.29 is 27.4 Å². The molecular formula is C16H23F3IN3O3. The highest BCUT2D eigenvalue weighted by molar-refractivity contribution is 14.0. The molecule has 1 aromatic rings. The molecule has 26 heavy (non-hydrogen) atoms. The van der Waals surface area contributed by atoms with E-state index in [1.54, 1.807) is 6.07 Å². The second kappa shape index (κ2) is 12.6. The Labute approximate surface area is 167 Å². The van der Waals surface area contributed by atoms with Crippen LogP contribution in [0.1, 0.15) is 32.1 Å². The molecule has 0 saturated carbocycles. The van der Waals surface area contributed by atoms with E-state index in [4.69, 9.17) is 5.73 Å². The van der Waals surface area contributed by atoms with Crippen LogP contribution in [0.25, 0.3) is 0 Å². The molecule has 0 amide bonds. The van der Waals surface area contributed by atoms with E-state index in [0.29, 0.717) is 13.0 Å². The van der Waals surface area contributed by atoms with Gasteiger partial charge >= 0.3 is 12.3 Å². The zero-order valence-corrected chi connectivity index (χ0v) is 16.7. The standard InChI is InChI=1S/C16H22F3N3O3.HI/c1-24-14(23)10-4-2-3-7-11-21-15(20)22-12-8-5-6-9-13(12)25-16(17,18)19;/h5-6,8-9H,2-4,7,10-11H2,1H3,(H3,20,21,22);1H. The first-order valence-corrected chi connectivity index (χ1v) is 7.80. The first-order valence-electron chi connectivity index (χ1n) is 7.80. The second-order valence-electron chi connectivity index (χ2n) is 5.18. The van der Waals surface area contributed by atoms with E-state index in [1.807, 2.05) is 0 Å². The summed E-state index contributed by atoms with van der Waals surface area (Å²) in [4.78, 5) is 15.0. The van der Waals surface area contributed by atoms with Gasteiger partial charge in [-0.2, -0.15) is 0 Å². The largest absolute Gasteiger partial charge is 0.573 e. The quantitative estimate of drug-likeness (QED) is 0.180. The zero-order valence-electron chi connectivity index (χ0n) is 14.3. The molecule has 6 nitrogen and oxygen atoms in total. The van der Waals surface area contributed by atoms with Gasteiger partial charge in [0, 0.05) is 13.0 Å². The number of alkyl halides is 3. The molecule has 0 bridgehead atoms. The first kappa shape index (κ1) is 24.3. The molecule has 0 heterocycles. The normalized spacial score (nSPS) is 11.5. The summed E-state index contributed by atoms with van der Waals surface area (Å²) >= 11 is 0. The monoisotopic (exact) mass is 489 g/mol. The van der Waals surface area contributed by atoms with Gasteiger partial charge in [-0.1, -0.05) is 25.0 Å². The number of nitrogens with two attached hydrogens (primary N) is 1. The van der Waals surface area contributed by atoms with Gasteiger partial charge in [-0.15, -0.1) is 37.1 Å². The van der Waals surface area contributed by atoms with Gasteiger partial charge in [0.05, 0.1) is 12.8 Å². The van der Waals surface area contributed by atoms with E-state index in [9.17, 15) is 18.0 Å². The molecule has 148 valence electrons. The maximum atomic E-state index is 12.3. The lowest BCUT2D eigenvalue weighted by atomic mass is 10.1. The Kier molecular flexibility index (Phi) is 11.8. The molecule has 0 atom stereocenters. The highest BCUT2D eigenvalue weighted by Crippen LogP contribution is 2.29. The van der Waals surface area contributed by atoms with Gasteiger partial charge in [-0.05, 0) is 25.0 Å². The van der Waals surface area contributed by atoms with E-state index >= 15 is 0 Å². The predicted molar refractivity (Wildman–Crippen MR) is 104 cm³/mol. The van der Waals surface area contributed by atoms with Gasteiger partial charge in [0.15, 0.2) is 11.7 Å². The van der Waals surface area contributed by atoms with Crippen LogP contribution in [0.3, 0.4) is 0 Å². The van der Waals surface area contributed by atoms with Gasteiger partial charge in [0.1, 0.15) is 0 Å². The predicted octanol–water partition coefficient (Wildman–Crippen LogP) is 4.05. The third kappa shape index (κ3) is 11.0. The molecule has 0 aliphatic heterocycles. The number of anilines is 1. The number of aliphatic imine (C=N–C) groups is 1.